The van der Waals surface area contributed by atoms with E-state index in [1.807, 2.05) is 0 Å². The van der Waals surface area contributed by atoms with E-state index in [9.17, 15) is 0 Å². The Balaban J connectivity index is 2.08. The molecule has 1 aromatic carbocycles. The number of nitrogens with two attached hydrogens (primary N) is 1. The van der Waals surface area contributed by atoms with Crippen LogP contribution in [-0.4, -0.2) is 33.4 Å². The Morgan fingerprint density at radius 2 is 2.30 bits per heavy atom. The van der Waals surface area contributed by atoms with Crippen LogP contribution in [0, 0.1) is 0 Å². The van der Waals surface area contributed by atoms with Crippen LogP contribution in [0.15, 0.2) is 18.2 Å². The van der Waals surface area contributed by atoms with Crippen LogP contribution < -0.4 is 5.73 Å². The Bertz CT molecular complexity index is 621. The maximum absolute atomic E-state index is 6.05. The van der Waals surface area contributed by atoms with E-state index in [1.54, 1.807) is 22.9 Å². The quantitative estimate of drug-likeness (QED) is 0.858. The van der Waals surface area contributed by atoms with Crippen molar-refractivity contribution in [2.24, 2.45) is 0 Å². The fourth-order valence-electron chi connectivity index (χ4n) is 2.53. The lowest BCUT2D eigenvalue weighted by Gasteiger charge is -2.33. The molecule has 1 unspecified atom stereocenters. The minimum absolute atomic E-state index is 0.258. The molecule has 2 N–H and O–H groups in total. The van der Waals surface area contributed by atoms with Crippen LogP contribution in [0.25, 0.3) is 11.4 Å². The maximum Gasteiger partial charge on any atom is 0.184 e. The zero-order valence-electron chi connectivity index (χ0n) is 11.2. The van der Waals surface area contributed by atoms with Gasteiger partial charge in [-0.2, -0.15) is 0 Å². The number of ether oxygens (including phenoxy) is 1. The predicted octanol–water partition coefficient (Wildman–Crippen LogP) is 2.10. The molecular weight excluding hydrogens is 278 g/mol. The van der Waals surface area contributed by atoms with Gasteiger partial charge in [-0.3, -0.25) is 0 Å². The van der Waals surface area contributed by atoms with Crippen LogP contribution >= 0.6 is 11.6 Å². The summed E-state index contributed by atoms with van der Waals surface area (Å²) in [5.41, 5.74) is 7.11. The number of nitrogens with zero attached hydrogens (tertiary/aromatic N) is 4. The highest BCUT2D eigenvalue weighted by Gasteiger charge is 2.34. The fraction of sp³-hybridized carbons (Fsp3) is 0.462. The molecule has 3 rings (SSSR count). The van der Waals surface area contributed by atoms with Crippen LogP contribution in [0.4, 0.5) is 5.69 Å². The minimum atomic E-state index is -0.258. The summed E-state index contributed by atoms with van der Waals surface area (Å²) in [4.78, 5) is 0. The van der Waals surface area contributed by atoms with E-state index in [1.165, 1.54) is 0 Å². The molecule has 0 saturated carbocycles. The highest BCUT2D eigenvalue weighted by molar-refractivity contribution is 6.31. The molecule has 1 aliphatic heterocycles. The lowest BCUT2D eigenvalue weighted by atomic mass is 9.94. The van der Waals surface area contributed by atoms with Gasteiger partial charge in [0, 0.05) is 22.9 Å². The zero-order valence-corrected chi connectivity index (χ0v) is 12.0. The molecule has 6 nitrogen and oxygen atoms in total. The number of halogens is 1. The topological polar surface area (TPSA) is 78.9 Å². The molecule has 7 heteroatoms. The number of tetrazole rings is 1. The molecule has 1 aromatic heterocycles. The first-order valence-electron chi connectivity index (χ1n) is 6.52. The molecule has 1 aliphatic rings. The third-order valence-electron chi connectivity index (χ3n) is 3.65. The molecule has 0 radical (unpaired) electrons. The number of aromatic nitrogens is 4. The van der Waals surface area contributed by atoms with Gasteiger partial charge in [0.25, 0.3) is 0 Å². The summed E-state index contributed by atoms with van der Waals surface area (Å²) in [5, 5.41) is 12.7. The van der Waals surface area contributed by atoms with Crippen molar-refractivity contribution < 1.29 is 4.74 Å². The number of hydrogen-bond acceptors (Lipinski definition) is 5. The van der Waals surface area contributed by atoms with E-state index in [0.717, 1.165) is 25.0 Å². The van der Waals surface area contributed by atoms with Crippen LogP contribution in [0.3, 0.4) is 0 Å². The average molecular weight is 294 g/mol. The van der Waals surface area contributed by atoms with Gasteiger partial charge in [-0.1, -0.05) is 11.6 Å². The zero-order chi connectivity index (χ0) is 14.2. The van der Waals surface area contributed by atoms with Gasteiger partial charge in [-0.05, 0) is 48.4 Å². The first-order valence-corrected chi connectivity index (χ1v) is 6.90. The van der Waals surface area contributed by atoms with E-state index < -0.39 is 0 Å². The van der Waals surface area contributed by atoms with E-state index in [0.29, 0.717) is 23.1 Å². The smallest absolute Gasteiger partial charge is 0.184 e. The molecule has 106 valence electrons. The maximum atomic E-state index is 6.05. The first kappa shape index (κ1) is 13.3. The Labute approximate surface area is 121 Å². The van der Waals surface area contributed by atoms with E-state index in [2.05, 4.69) is 22.4 Å². The lowest BCUT2D eigenvalue weighted by molar-refractivity contribution is 0.00349. The normalized spacial score (nSPS) is 22.9. The second-order valence-electron chi connectivity index (χ2n) is 5.30. The Morgan fingerprint density at radius 3 is 3.05 bits per heavy atom. The van der Waals surface area contributed by atoms with E-state index in [-0.39, 0.29) is 5.54 Å². The summed E-state index contributed by atoms with van der Waals surface area (Å²) in [6.07, 6.45) is 1.95. The molecule has 0 spiro atoms. The highest BCUT2D eigenvalue weighted by atomic mass is 35.5. The monoisotopic (exact) mass is 293 g/mol. The molecule has 1 fully saturated rings. The number of anilines is 1. The van der Waals surface area contributed by atoms with Gasteiger partial charge < -0.3 is 10.5 Å². The average Bonchev–Trinajstić information content (AvgIpc) is 2.92. The molecule has 0 bridgehead atoms. The number of benzene rings is 1. The molecule has 2 aromatic rings. The van der Waals surface area contributed by atoms with Crippen molar-refractivity contribution >= 4 is 17.3 Å². The van der Waals surface area contributed by atoms with Crippen LogP contribution in [0.5, 0.6) is 0 Å². The summed E-state index contributed by atoms with van der Waals surface area (Å²) in [5.74, 6) is 0.623. The second-order valence-corrected chi connectivity index (χ2v) is 5.74. The van der Waals surface area contributed by atoms with Crippen LogP contribution in [0.2, 0.25) is 5.02 Å². The van der Waals surface area contributed by atoms with Gasteiger partial charge in [0.15, 0.2) is 5.82 Å². The van der Waals surface area contributed by atoms with Crippen molar-refractivity contribution in [1.29, 1.82) is 0 Å². The molecule has 2 heterocycles. The fourth-order valence-corrected chi connectivity index (χ4v) is 2.70. The van der Waals surface area contributed by atoms with Gasteiger partial charge >= 0.3 is 0 Å². The van der Waals surface area contributed by atoms with Crippen molar-refractivity contribution in [2.75, 3.05) is 18.9 Å². The van der Waals surface area contributed by atoms with Crippen molar-refractivity contribution in [3.63, 3.8) is 0 Å². The Kier molecular flexibility index (Phi) is 3.35. The summed E-state index contributed by atoms with van der Waals surface area (Å²) in [7, 11) is 0. The van der Waals surface area contributed by atoms with E-state index >= 15 is 0 Å². The van der Waals surface area contributed by atoms with Crippen LogP contribution in [-0.2, 0) is 10.3 Å². The lowest BCUT2D eigenvalue weighted by Crippen LogP contribution is -2.40. The van der Waals surface area contributed by atoms with E-state index in [4.69, 9.17) is 22.1 Å². The largest absolute Gasteiger partial charge is 0.398 e. The number of rotatable bonds is 2. The third kappa shape index (κ3) is 2.25. The Morgan fingerprint density at radius 1 is 1.45 bits per heavy atom. The summed E-state index contributed by atoms with van der Waals surface area (Å²) >= 11 is 6.05. The van der Waals surface area contributed by atoms with Gasteiger partial charge in [0.05, 0.1) is 12.1 Å². The van der Waals surface area contributed by atoms with Crippen molar-refractivity contribution in [3.05, 3.63) is 23.2 Å². The number of nitrogen functional groups attached to an aromatic ring is 1. The van der Waals surface area contributed by atoms with Gasteiger partial charge in [0.1, 0.15) is 0 Å². The standard InChI is InChI=1S/C13H16ClN5O/c1-13(5-2-6-20-8-13)19-12(16-17-18-19)10-7-9(14)3-4-11(10)15/h3-4,7H,2,5-6,8,15H2,1H3. The molecular formula is C13H16ClN5O. The molecule has 0 aliphatic carbocycles. The Hall–Kier alpha value is -1.66. The summed E-state index contributed by atoms with van der Waals surface area (Å²) < 4.78 is 7.38. The minimum Gasteiger partial charge on any atom is -0.398 e. The van der Waals surface area contributed by atoms with Gasteiger partial charge in [-0.15, -0.1) is 5.10 Å². The molecule has 0 amide bonds. The van der Waals surface area contributed by atoms with Gasteiger partial charge in [-0.25, -0.2) is 4.68 Å². The molecule has 1 atom stereocenters. The third-order valence-corrected chi connectivity index (χ3v) is 3.89. The molecule has 20 heavy (non-hydrogen) atoms. The SMILES string of the molecule is CC1(n2nnnc2-c2cc(Cl)ccc2N)CCCOC1. The van der Waals surface area contributed by atoms with Crippen molar-refractivity contribution in [2.45, 2.75) is 25.3 Å². The summed E-state index contributed by atoms with van der Waals surface area (Å²) in [6, 6.07) is 5.29. The van der Waals surface area contributed by atoms with Crippen LogP contribution in [0.1, 0.15) is 19.8 Å². The van der Waals surface area contributed by atoms with Gasteiger partial charge in [0.2, 0.25) is 0 Å². The molecule has 1 saturated heterocycles. The summed E-state index contributed by atoms with van der Waals surface area (Å²) in [6.45, 7) is 3.46. The first-order chi connectivity index (χ1) is 9.60. The highest BCUT2D eigenvalue weighted by Crippen LogP contribution is 2.33. The van der Waals surface area contributed by atoms with Crippen molar-refractivity contribution in [3.8, 4) is 11.4 Å². The number of hydrogen-bond donors (Lipinski definition) is 1. The van der Waals surface area contributed by atoms with Crippen molar-refractivity contribution in [1.82, 2.24) is 20.2 Å². The predicted molar refractivity (Wildman–Crippen MR) is 76.4 cm³/mol. The second kappa shape index (κ2) is 5.03.